The molecule has 0 aromatic heterocycles. The molecule has 0 aliphatic heterocycles. The van der Waals surface area contributed by atoms with Gasteiger partial charge in [0.25, 0.3) is 0 Å². The van der Waals surface area contributed by atoms with E-state index in [1.54, 1.807) is 0 Å². The Morgan fingerprint density at radius 2 is 0.731 bits per heavy atom. The molecule has 0 radical (unpaired) electrons. The molecule has 0 bridgehead atoms. The maximum absolute atomic E-state index is 11.3. The number of rotatable bonds is 4. The van der Waals surface area contributed by atoms with Gasteiger partial charge in [0.2, 0.25) is 0 Å². The van der Waals surface area contributed by atoms with Crippen LogP contribution in [0.1, 0.15) is 0 Å². The van der Waals surface area contributed by atoms with Gasteiger partial charge in [-0.3, -0.25) is 0 Å². The van der Waals surface area contributed by atoms with Gasteiger partial charge in [0, 0.05) is 10.8 Å². The van der Waals surface area contributed by atoms with Crippen LogP contribution in [0.5, 0.6) is 0 Å². The lowest BCUT2D eigenvalue weighted by Gasteiger charge is -2.20. The zero-order valence-electron chi connectivity index (χ0n) is 11.8. The van der Waals surface area contributed by atoms with E-state index in [9.17, 15) is 51.9 Å². The zero-order valence-corrected chi connectivity index (χ0v) is 15.1. The minimum atomic E-state index is -5.58. The molecule has 0 aliphatic rings. The lowest BCUT2D eigenvalue weighted by atomic mass is 10.1. The highest BCUT2D eigenvalue weighted by Gasteiger charge is 2.20. The van der Waals surface area contributed by atoms with Gasteiger partial charge in [0.1, 0.15) is 40.5 Å². The molecule has 2 aromatic carbocycles. The molecule has 2 aromatic rings. The fraction of sp³-hybridized carbons (Fsp3) is 0. The average Bonchev–Trinajstić information content (AvgIpc) is 2.40. The van der Waals surface area contributed by atoms with E-state index in [-0.39, 0.29) is 24.3 Å². The summed E-state index contributed by atoms with van der Waals surface area (Å²) in [5, 5.41) is -2.06. The molecule has 12 nitrogen and oxygen atoms in total. The van der Waals surface area contributed by atoms with E-state index in [1.165, 1.54) is 0 Å². The summed E-state index contributed by atoms with van der Waals surface area (Å²) in [5.41, 5.74) is 0. The molecule has 0 N–H and O–H groups in total. The molecule has 0 aliphatic carbocycles. The summed E-state index contributed by atoms with van der Waals surface area (Å²) < 4.78 is 135. The molecule has 0 saturated heterocycles. The van der Waals surface area contributed by atoms with Crippen molar-refractivity contribution in [3.63, 3.8) is 0 Å². The Morgan fingerprint density at radius 1 is 0.462 bits per heavy atom. The Morgan fingerprint density at radius 3 is 0.923 bits per heavy atom. The normalized spacial score (nSPS) is 13.8. The summed E-state index contributed by atoms with van der Waals surface area (Å²) in [6.45, 7) is 0. The highest BCUT2D eigenvalue weighted by atomic mass is 32.2. The summed E-state index contributed by atoms with van der Waals surface area (Å²) >= 11 is 0. The summed E-state index contributed by atoms with van der Waals surface area (Å²) in [7, 11) is -22.0. The van der Waals surface area contributed by atoms with Gasteiger partial charge in [-0.1, -0.05) is 0 Å². The first-order valence-electron chi connectivity index (χ1n) is 5.88. The maximum atomic E-state index is 11.3. The van der Waals surface area contributed by atoms with Gasteiger partial charge < -0.3 is 18.2 Å². The van der Waals surface area contributed by atoms with Crippen LogP contribution < -0.4 is 0 Å². The van der Waals surface area contributed by atoms with E-state index < -0.39 is 70.8 Å². The van der Waals surface area contributed by atoms with Crippen molar-refractivity contribution in [2.24, 2.45) is 0 Å². The van der Waals surface area contributed by atoms with Crippen LogP contribution >= 0.6 is 0 Å². The van der Waals surface area contributed by atoms with Gasteiger partial charge in [-0.25, -0.2) is 33.7 Å². The van der Waals surface area contributed by atoms with E-state index in [2.05, 4.69) is 0 Å². The number of hydrogen-bond acceptors (Lipinski definition) is 12. The van der Waals surface area contributed by atoms with E-state index in [1.807, 2.05) is 0 Å². The zero-order chi connectivity index (χ0) is 20.3. The smallest absolute Gasteiger partial charge is 0.125 e. The van der Waals surface area contributed by atoms with E-state index in [0.717, 1.165) is 0 Å². The lowest BCUT2D eigenvalue weighted by molar-refractivity contribution is 0.456. The first-order chi connectivity index (χ1) is 11.4. The minimum absolute atomic E-state index is 0.0649. The van der Waals surface area contributed by atoms with E-state index >= 15 is 0 Å². The summed E-state index contributed by atoms with van der Waals surface area (Å²) in [6, 6.07) is 0.682. The number of hydrogen-bond donors (Lipinski definition) is 0. The summed E-state index contributed by atoms with van der Waals surface area (Å²) in [5.74, 6) is 0. The second kappa shape index (κ2) is 5.92. The highest BCUT2D eigenvalue weighted by Crippen LogP contribution is 2.34. The van der Waals surface area contributed by atoms with Crippen LogP contribution in [0.3, 0.4) is 0 Å². The van der Waals surface area contributed by atoms with Crippen LogP contribution in [0.4, 0.5) is 0 Å². The largest absolute Gasteiger partial charge is 0.744 e. The van der Waals surface area contributed by atoms with Crippen molar-refractivity contribution in [2.75, 3.05) is 0 Å². The minimum Gasteiger partial charge on any atom is -0.744 e. The molecule has 0 saturated carbocycles. The summed E-state index contributed by atoms with van der Waals surface area (Å²) in [6.07, 6.45) is 0. The fourth-order valence-electron chi connectivity index (χ4n) is 2.05. The van der Waals surface area contributed by atoms with Crippen molar-refractivity contribution in [1.29, 1.82) is 0 Å². The standard InChI is InChI=1S/C10H8O12S4/c11-23(12,13)5-1-7-8(10(3-5)26(20,21)22)2-6(24(14,15)16)4-9(7)25(17,18)19/h1-4H,(H,11,12,13)(H,14,15,16)(H,17,18,19)(H,20,21,22)/p-4. The van der Waals surface area contributed by atoms with Crippen molar-refractivity contribution >= 4 is 51.2 Å². The molecule has 144 valence electrons. The second-order valence-electron chi connectivity index (χ2n) is 4.75. The predicted octanol–water partition coefficient (Wildman–Crippen LogP) is -1.54. The Bertz CT molecular complexity index is 1240. The van der Waals surface area contributed by atoms with Crippen molar-refractivity contribution in [3.05, 3.63) is 24.3 Å². The SMILES string of the molecule is O=S(=O)([O-])c1cc(S(=O)(=O)[O-])c2cc(S(=O)(=O)[O-])cc(S(=O)(=O)[O-])c2c1. The second-order valence-corrected chi connectivity index (χ2v) is 10.2. The first kappa shape index (κ1) is 20.6. The molecule has 0 unspecified atom stereocenters. The van der Waals surface area contributed by atoms with Gasteiger partial charge in [0.05, 0.1) is 19.6 Å². The number of fused-ring (bicyclic) bond motifs is 1. The van der Waals surface area contributed by atoms with E-state index in [4.69, 9.17) is 0 Å². The molecular weight excluding hydrogens is 440 g/mol. The highest BCUT2D eigenvalue weighted by molar-refractivity contribution is 7.87. The molecule has 0 amide bonds. The van der Waals surface area contributed by atoms with Crippen LogP contribution in [-0.4, -0.2) is 51.9 Å². The van der Waals surface area contributed by atoms with Crippen LogP contribution in [0.25, 0.3) is 10.8 Å². The Labute approximate surface area is 147 Å². The fourth-order valence-corrected chi connectivity index (χ4v) is 4.66. The topological polar surface area (TPSA) is 229 Å². The molecular formula is C10H4O12S4-4. The monoisotopic (exact) mass is 444 g/mol. The molecule has 0 heterocycles. The lowest BCUT2D eigenvalue weighted by Crippen LogP contribution is -2.09. The molecule has 2 rings (SSSR count). The third-order valence-electron chi connectivity index (χ3n) is 3.06. The van der Waals surface area contributed by atoms with Crippen LogP contribution in [0.2, 0.25) is 0 Å². The Hall–Kier alpha value is -1.66. The Balaban J connectivity index is 3.31. The Kier molecular flexibility index (Phi) is 4.71. The van der Waals surface area contributed by atoms with Crippen molar-refractivity contribution in [3.8, 4) is 0 Å². The van der Waals surface area contributed by atoms with Gasteiger partial charge in [-0.15, -0.1) is 0 Å². The predicted molar refractivity (Wildman–Crippen MR) is 75.8 cm³/mol. The summed E-state index contributed by atoms with van der Waals surface area (Å²) in [4.78, 5) is -5.72. The molecule has 26 heavy (non-hydrogen) atoms. The third-order valence-corrected chi connectivity index (χ3v) is 6.44. The third kappa shape index (κ3) is 4.01. The average molecular weight is 444 g/mol. The molecule has 16 heteroatoms. The molecule has 0 spiro atoms. The van der Waals surface area contributed by atoms with Crippen LogP contribution in [0, 0.1) is 0 Å². The van der Waals surface area contributed by atoms with Crippen molar-refractivity contribution in [1.82, 2.24) is 0 Å². The van der Waals surface area contributed by atoms with Crippen LogP contribution in [-0.2, 0) is 40.5 Å². The van der Waals surface area contributed by atoms with Crippen molar-refractivity contribution < 1.29 is 51.9 Å². The van der Waals surface area contributed by atoms with Gasteiger partial charge >= 0.3 is 0 Å². The van der Waals surface area contributed by atoms with Gasteiger partial charge in [0.15, 0.2) is 0 Å². The van der Waals surface area contributed by atoms with Gasteiger partial charge in [-0.05, 0) is 24.3 Å². The number of benzene rings is 2. The van der Waals surface area contributed by atoms with E-state index in [0.29, 0.717) is 0 Å². The molecule has 0 atom stereocenters. The first-order valence-corrected chi connectivity index (χ1v) is 11.5. The molecule has 0 fully saturated rings. The maximum Gasteiger partial charge on any atom is 0.125 e. The van der Waals surface area contributed by atoms with Crippen molar-refractivity contribution in [2.45, 2.75) is 19.6 Å². The van der Waals surface area contributed by atoms with Crippen LogP contribution in [0.15, 0.2) is 43.8 Å². The van der Waals surface area contributed by atoms with Gasteiger partial charge in [-0.2, -0.15) is 0 Å². The quantitative estimate of drug-likeness (QED) is 0.488.